The van der Waals surface area contributed by atoms with Crippen molar-refractivity contribution in [3.05, 3.63) is 29.8 Å². The summed E-state index contributed by atoms with van der Waals surface area (Å²) < 4.78 is 5.80. The molecule has 1 atom stereocenters. The maximum atomic E-state index is 12.1. The minimum Gasteiger partial charge on any atom is -0.492 e. The van der Waals surface area contributed by atoms with Crippen molar-refractivity contribution in [3.63, 3.8) is 0 Å². The minimum atomic E-state index is 0.0485. The lowest BCUT2D eigenvalue weighted by Gasteiger charge is -2.20. The molecule has 1 unspecified atom stereocenters. The Kier molecular flexibility index (Phi) is 8.61. The Balaban J connectivity index is 1.79. The normalized spacial score (nSPS) is 17.3. The van der Waals surface area contributed by atoms with E-state index in [1.807, 2.05) is 37.8 Å². The van der Waals surface area contributed by atoms with Crippen LogP contribution in [0.15, 0.2) is 29.3 Å². The molecule has 2 rings (SSSR count). The van der Waals surface area contributed by atoms with Gasteiger partial charge in [0.25, 0.3) is 0 Å². The number of likely N-dealkylation sites (tertiary alicyclic amines) is 1. The van der Waals surface area contributed by atoms with Gasteiger partial charge >= 0.3 is 0 Å². The van der Waals surface area contributed by atoms with E-state index in [1.165, 1.54) is 5.56 Å². The molecule has 1 heterocycles. The molecule has 0 spiro atoms. The SMILES string of the molecule is CCNC(=NCCOc1ccc(C(C)C)cc1)NC1CCN(C(=O)C(C)C)C1. The number of nitrogens with one attached hydrogen (secondary N) is 2. The van der Waals surface area contributed by atoms with Gasteiger partial charge in [-0.1, -0.05) is 39.8 Å². The zero-order valence-corrected chi connectivity index (χ0v) is 18.0. The van der Waals surface area contributed by atoms with E-state index in [1.54, 1.807) is 0 Å². The number of hydrogen-bond acceptors (Lipinski definition) is 3. The molecule has 0 bridgehead atoms. The molecule has 1 aromatic carbocycles. The van der Waals surface area contributed by atoms with Crippen LogP contribution in [-0.4, -0.2) is 55.6 Å². The fraction of sp³-hybridized carbons (Fsp3) is 0.636. The van der Waals surface area contributed by atoms with Crippen molar-refractivity contribution in [3.8, 4) is 5.75 Å². The summed E-state index contributed by atoms with van der Waals surface area (Å²) >= 11 is 0. The lowest BCUT2D eigenvalue weighted by atomic mass is 10.0. The maximum absolute atomic E-state index is 12.1. The molecule has 156 valence electrons. The summed E-state index contributed by atoms with van der Waals surface area (Å²) in [6.45, 7) is 13.8. The number of ether oxygens (including phenoxy) is 1. The predicted molar refractivity (Wildman–Crippen MR) is 115 cm³/mol. The van der Waals surface area contributed by atoms with Gasteiger partial charge in [0, 0.05) is 31.6 Å². The molecule has 28 heavy (non-hydrogen) atoms. The average molecular weight is 389 g/mol. The maximum Gasteiger partial charge on any atom is 0.225 e. The smallest absolute Gasteiger partial charge is 0.225 e. The average Bonchev–Trinajstić information content (AvgIpc) is 3.13. The van der Waals surface area contributed by atoms with Gasteiger partial charge in [0.2, 0.25) is 5.91 Å². The van der Waals surface area contributed by atoms with Gasteiger partial charge in [-0.3, -0.25) is 4.79 Å². The molecule has 0 aromatic heterocycles. The molecule has 1 aromatic rings. The molecular formula is C22H36N4O2. The summed E-state index contributed by atoms with van der Waals surface area (Å²) in [6, 6.07) is 8.49. The Labute approximate surface area is 169 Å². The first-order valence-electron chi connectivity index (χ1n) is 10.5. The Morgan fingerprint density at radius 2 is 1.96 bits per heavy atom. The number of guanidine groups is 1. The highest BCUT2D eigenvalue weighted by molar-refractivity contribution is 5.81. The van der Waals surface area contributed by atoms with Crippen LogP contribution in [0.5, 0.6) is 5.75 Å². The van der Waals surface area contributed by atoms with Crippen LogP contribution < -0.4 is 15.4 Å². The summed E-state index contributed by atoms with van der Waals surface area (Å²) in [6.07, 6.45) is 0.946. The molecule has 6 heteroatoms. The van der Waals surface area contributed by atoms with Crippen LogP contribution in [0.2, 0.25) is 0 Å². The molecule has 1 fully saturated rings. The quantitative estimate of drug-likeness (QED) is 0.408. The van der Waals surface area contributed by atoms with Crippen LogP contribution in [0.4, 0.5) is 0 Å². The molecule has 1 aliphatic heterocycles. The zero-order chi connectivity index (χ0) is 20.5. The van der Waals surface area contributed by atoms with Crippen molar-refractivity contribution in [2.75, 3.05) is 32.8 Å². The topological polar surface area (TPSA) is 66.0 Å². The third-order valence-corrected chi connectivity index (χ3v) is 4.86. The van der Waals surface area contributed by atoms with E-state index in [0.29, 0.717) is 19.1 Å². The van der Waals surface area contributed by atoms with Gasteiger partial charge in [-0.25, -0.2) is 4.99 Å². The Bertz CT molecular complexity index is 640. The van der Waals surface area contributed by atoms with Gasteiger partial charge in [-0.2, -0.15) is 0 Å². The molecule has 1 saturated heterocycles. The molecule has 1 aliphatic rings. The number of carbonyl (C=O) groups excluding carboxylic acids is 1. The second-order valence-electron chi connectivity index (χ2n) is 7.90. The van der Waals surface area contributed by atoms with E-state index in [-0.39, 0.29) is 17.9 Å². The summed E-state index contributed by atoms with van der Waals surface area (Å²) in [5.41, 5.74) is 1.31. The first-order valence-corrected chi connectivity index (χ1v) is 10.5. The van der Waals surface area contributed by atoms with E-state index in [9.17, 15) is 4.79 Å². The largest absolute Gasteiger partial charge is 0.492 e. The summed E-state index contributed by atoms with van der Waals surface area (Å²) in [5.74, 6) is 2.45. The third kappa shape index (κ3) is 6.73. The Morgan fingerprint density at radius 3 is 2.57 bits per heavy atom. The number of amides is 1. The second kappa shape index (κ2) is 10.9. The van der Waals surface area contributed by atoms with Gasteiger partial charge in [-0.15, -0.1) is 0 Å². The number of hydrogen-bond donors (Lipinski definition) is 2. The number of rotatable bonds is 8. The van der Waals surface area contributed by atoms with Crippen molar-refractivity contribution < 1.29 is 9.53 Å². The van der Waals surface area contributed by atoms with Crippen LogP contribution in [0.25, 0.3) is 0 Å². The first-order chi connectivity index (χ1) is 13.4. The van der Waals surface area contributed by atoms with Crippen molar-refractivity contribution >= 4 is 11.9 Å². The van der Waals surface area contributed by atoms with Crippen LogP contribution in [0.3, 0.4) is 0 Å². The van der Waals surface area contributed by atoms with Crippen LogP contribution >= 0.6 is 0 Å². The second-order valence-corrected chi connectivity index (χ2v) is 7.90. The van der Waals surface area contributed by atoms with Gasteiger partial charge in [-0.05, 0) is 37.0 Å². The summed E-state index contributed by atoms with van der Waals surface area (Å²) in [7, 11) is 0. The van der Waals surface area contributed by atoms with E-state index in [0.717, 1.165) is 37.8 Å². The molecule has 0 saturated carbocycles. The lowest BCUT2D eigenvalue weighted by molar-refractivity contribution is -0.133. The molecule has 0 radical (unpaired) electrons. The van der Waals surface area contributed by atoms with E-state index in [2.05, 4.69) is 41.6 Å². The van der Waals surface area contributed by atoms with E-state index >= 15 is 0 Å². The fourth-order valence-electron chi connectivity index (χ4n) is 3.23. The monoisotopic (exact) mass is 388 g/mol. The minimum absolute atomic E-state index is 0.0485. The van der Waals surface area contributed by atoms with Crippen LogP contribution in [0, 0.1) is 5.92 Å². The van der Waals surface area contributed by atoms with E-state index in [4.69, 9.17) is 4.74 Å². The number of nitrogens with zero attached hydrogens (tertiary/aromatic N) is 2. The highest BCUT2D eigenvalue weighted by Gasteiger charge is 2.27. The van der Waals surface area contributed by atoms with Crippen LogP contribution in [0.1, 0.15) is 52.5 Å². The Hall–Kier alpha value is -2.24. The van der Waals surface area contributed by atoms with Crippen molar-refractivity contribution in [1.29, 1.82) is 0 Å². The van der Waals surface area contributed by atoms with Gasteiger partial charge < -0.3 is 20.3 Å². The van der Waals surface area contributed by atoms with Gasteiger partial charge in [0.1, 0.15) is 12.4 Å². The highest BCUT2D eigenvalue weighted by Crippen LogP contribution is 2.18. The molecule has 2 N–H and O–H groups in total. The number of benzene rings is 1. The van der Waals surface area contributed by atoms with Crippen LogP contribution in [-0.2, 0) is 4.79 Å². The summed E-state index contributed by atoms with van der Waals surface area (Å²) in [5, 5.41) is 6.72. The van der Waals surface area contributed by atoms with Crippen molar-refractivity contribution in [2.45, 2.75) is 53.0 Å². The molecular weight excluding hydrogens is 352 g/mol. The lowest BCUT2D eigenvalue weighted by Crippen LogP contribution is -2.45. The molecule has 1 amide bonds. The van der Waals surface area contributed by atoms with E-state index < -0.39 is 0 Å². The van der Waals surface area contributed by atoms with Gasteiger partial charge in [0.15, 0.2) is 5.96 Å². The number of carbonyl (C=O) groups is 1. The van der Waals surface area contributed by atoms with Crippen molar-refractivity contribution in [1.82, 2.24) is 15.5 Å². The zero-order valence-electron chi connectivity index (χ0n) is 18.0. The summed E-state index contributed by atoms with van der Waals surface area (Å²) in [4.78, 5) is 18.7. The van der Waals surface area contributed by atoms with Crippen molar-refractivity contribution in [2.24, 2.45) is 10.9 Å². The van der Waals surface area contributed by atoms with Gasteiger partial charge in [0.05, 0.1) is 6.54 Å². The fourth-order valence-corrected chi connectivity index (χ4v) is 3.23. The molecule has 6 nitrogen and oxygen atoms in total. The number of aliphatic imine (C=N–C) groups is 1. The third-order valence-electron chi connectivity index (χ3n) is 4.86. The predicted octanol–water partition coefficient (Wildman–Crippen LogP) is 3.00. The molecule has 0 aliphatic carbocycles. The Morgan fingerprint density at radius 1 is 1.25 bits per heavy atom. The first kappa shape index (κ1) is 22.1. The highest BCUT2D eigenvalue weighted by atomic mass is 16.5. The standard InChI is InChI=1S/C22H36N4O2/c1-6-23-22(25-19-11-13-26(15-19)21(27)17(4)5)24-12-14-28-20-9-7-18(8-10-20)16(2)3/h7-10,16-17,19H,6,11-15H2,1-5H3,(H2,23,24,25).